The first-order valence-electron chi connectivity index (χ1n) is 5.68. The molecular weight excluding hydrogens is 332 g/mol. The van der Waals surface area contributed by atoms with Crippen molar-refractivity contribution in [2.24, 2.45) is 0 Å². The van der Waals surface area contributed by atoms with E-state index in [9.17, 15) is 14.4 Å². The molecule has 0 aromatic rings. The van der Waals surface area contributed by atoms with Gasteiger partial charge in [-0.2, -0.15) is 0 Å². The topological polar surface area (TPSA) is 78.9 Å². The fourth-order valence-electron chi connectivity index (χ4n) is 0.917. The summed E-state index contributed by atoms with van der Waals surface area (Å²) in [7, 11) is 0. The Hall–Kier alpha value is -1.63. The van der Waals surface area contributed by atoms with Crippen LogP contribution in [0.4, 0.5) is 0 Å². The number of halogens is 1. The van der Waals surface area contributed by atoms with Gasteiger partial charge in [0.15, 0.2) is 6.10 Å². The molecule has 0 rings (SSSR count). The van der Waals surface area contributed by atoms with E-state index in [1.165, 1.54) is 13.8 Å². The fourth-order valence-corrected chi connectivity index (χ4v) is 1.05. The second-order valence-electron chi connectivity index (χ2n) is 4.00. The van der Waals surface area contributed by atoms with Crippen LogP contribution >= 0.6 is 15.9 Å². The first-order valence-corrected chi connectivity index (χ1v) is 6.80. The van der Waals surface area contributed by atoms with Gasteiger partial charge in [0.2, 0.25) is 0 Å². The molecule has 0 bridgehead atoms. The van der Waals surface area contributed by atoms with Crippen LogP contribution in [-0.4, -0.2) is 42.6 Å². The van der Waals surface area contributed by atoms with Gasteiger partial charge >= 0.3 is 17.9 Å². The molecule has 0 saturated heterocycles. The average Bonchev–Trinajstić information content (AvgIpc) is 2.40. The number of rotatable bonds is 8. The first kappa shape index (κ1) is 18.4. The van der Waals surface area contributed by atoms with Crippen LogP contribution in [0.25, 0.3) is 0 Å². The largest absolute Gasteiger partial charge is 0.458 e. The summed E-state index contributed by atoms with van der Waals surface area (Å²) >= 11 is 2.93. The highest BCUT2D eigenvalue weighted by Crippen LogP contribution is 2.03. The minimum Gasteiger partial charge on any atom is -0.458 e. The lowest BCUT2D eigenvalue weighted by Crippen LogP contribution is -2.31. The first-order chi connectivity index (χ1) is 9.27. The molecule has 0 amide bonds. The summed E-state index contributed by atoms with van der Waals surface area (Å²) in [6, 6.07) is 0. The molecule has 0 heterocycles. The van der Waals surface area contributed by atoms with Crippen LogP contribution in [0.3, 0.4) is 0 Å². The maximum atomic E-state index is 11.3. The predicted molar refractivity (Wildman–Crippen MR) is 75.2 cm³/mol. The van der Waals surface area contributed by atoms with Crippen LogP contribution < -0.4 is 0 Å². The molecule has 0 unspecified atom stereocenters. The molecule has 0 aliphatic heterocycles. The Morgan fingerprint density at radius 2 is 1.40 bits per heavy atom. The van der Waals surface area contributed by atoms with E-state index in [0.717, 1.165) is 0 Å². The molecule has 0 radical (unpaired) electrons. The minimum atomic E-state index is -0.883. The summed E-state index contributed by atoms with van der Waals surface area (Å²) in [5.74, 6) is -1.79. The van der Waals surface area contributed by atoms with Gasteiger partial charge in [0, 0.05) is 11.1 Å². The van der Waals surface area contributed by atoms with Gasteiger partial charge in [0.25, 0.3) is 0 Å². The maximum Gasteiger partial charge on any atom is 0.333 e. The van der Waals surface area contributed by atoms with Crippen LogP contribution in [0.15, 0.2) is 24.3 Å². The third kappa shape index (κ3) is 7.73. The summed E-state index contributed by atoms with van der Waals surface area (Å²) in [5, 5.41) is -0.0215. The molecule has 0 fully saturated rings. The lowest BCUT2D eigenvalue weighted by atomic mass is 10.3. The summed E-state index contributed by atoms with van der Waals surface area (Å²) in [5.41, 5.74) is 0.434. The number of hydrogen-bond acceptors (Lipinski definition) is 6. The number of esters is 3. The van der Waals surface area contributed by atoms with Gasteiger partial charge < -0.3 is 14.2 Å². The van der Waals surface area contributed by atoms with E-state index >= 15 is 0 Å². The van der Waals surface area contributed by atoms with Gasteiger partial charge in [-0.05, 0) is 13.8 Å². The van der Waals surface area contributed by atoms with E-state index in [0.29, 0.717) is 0 Å². The monoisotopic (exact) mass is 348 g/mol. The molecule has 0 aromatic heterocycles. The Kier molecular flexibility index (Phi) is 8.54. The van der Waals surface area contributed by atoms with Crippen LogP contribution in [0, 0.1) is 0 Å². The van der Waals surface area contributed by atoms with Gasteiger partial charge in [0.05, 0.1) is 0 Å². The normalized spacial score (nSPS) is 9.80. The van der Waals surface area contributed by atoms with E-state index in [2.05, 4.69) is 29.1 Å². The van der Waals surface area contributed by atoms with Crippen molar-refractivity contribution in [2.75, 3.05) is 18.5 Å². The SMILES string of the molecule is C=C(C)C(=O)OCC(COC(=O)C(=C)C)OC(=O)CBr. The molecule has 20 heavy (non-hydrogen) atoms. The molecule has 0 atom stereocenters. The van der Waals surface area contributed by atoms with E-state index in [1.807, 2.05) is 0 Å². The van der Waals surface area contributed by atoms with Gasteiger partial charge in [-0.3, -0.25) is 4.79 Å². The smallest absolute Gasteiger partial charge is 0.333 e. The van der Waals surface area contributed by atoms with E-state index in [-0.39, 0.29) is 29.7 Å². The van der Waals surface area contributed by atoms with Crippen molar-refractivity contribution >= 4 is 33.8 Å². The molecular formula is C13H17BrO6. The van der Waals surface area contributed by atoms with Crippen LogP contribution in [0.2, 0.25) is 0 Å². The summed E-state index contributed by atoms with van der Waals surface area (Å²) in [6.45, 7) is 9.36. The van der Waals surface area contributed by atoms with Crippen molar-refractivity contribution in [3.05, 3.63) is 24.3 Å². The number of ether oxygens (including phenoxy) is 3. The Bertz CT molecular complexity index is 385. The lowest BCUT2D eigenvalue weighted by Gasteiger charge is -2.17. The van der Waals surface area contributed by atoms with Gasteiger partial charge in [-0.15, -0.1) is 0 Å². The molecule has 0 aliphatic rings. The number of carbonyl (C=O) groups is 3. The summed E-state index contributed by atoms with van der Waals surface area (Å²) in [4.78, 5) is 33.7. The molecule has 7 heteroatoms. The molecule has 0 aromatic carbocycles. The molecule has 6 nitrogen and oxygen atoms in total. The van der Waals surface area contributed by atoms with E-state index < -0.39 is 24.0 Å². The van der Waals surface area contributed by atoms with Crippen molar-refractivity contribution in [2.45, 2.75) is 20.0 Å². The molecule has 0 N–H and O–H groups in total. The summed E-state index contributed by atoms with van der Waals surface area (Å²) in [6.07, 6.45) is -0.883. The summed E-state index contributed by atoms with van der Waals surface area (Å²) < 4.78 is 14.7. The molecule has 112 valence electrons. The van der Waals surface area contributed by atoms with Crippen LogP contribution in [0.5, 0.6) is 0 Å². The third-order valence-electron chi connectivity index (χ3n) is 1.90. The molecule has 0 spiro atoms. The minimum absolute atomic E-state index is 0.0215. The van der Waals surface area contributed by atoms with Crippen molar-refractivity contribution in [3.63, 3.8) is 0 Å². The number of hydrogen-bond donors (Lipinski definition) is 0. The second kappa shape index (κ2) is 9.30. The standard InChI is InChI=1S/C13H17BrO6/c1-8(2)12(16)18-6-10(20-11(15)5-14)7-19-13(17)9(3)4/h10H,1,3,5-7H2,2,4H3. The Labute approximate surface area is 125 Å². The lowest BCUT2D eigenvalue weighted by molar-refractivity contribution is -0.162. The maximum absolute atomic E-state index is 11.3. The zero-order valence-corrected chi connectivity index (χ0v) is 13.0. The zero-order valence-electron chi connectivity index (χ0n) is 11.4. The van der Waals surface area contributed by atoms with Crippen molar-refractivity contribution in [1.29, 1.82) is 0 Å². The highest BCUT2D eigenvalue weighted by Gasteiger charge is 2.19. The van der Waals surface area contributed by atoms with Crippen molar-refractivity contribution < 1.29 is 28.6 Å². The Morgan fingerprint density at radius 1 is 1.00 bits per heavy atom. The predicted octanol–water partition coefficient (Wildman–Crippen LogP) is 1.53. The second-order valence-corrected chi connectivity index (χ2v) is 4.56. The number of carbonyl (C=O) groups excluding carboxylic acids is 3. The fraction of sp³-hybridized carbons (Fsp3) is 0.462. The van der Waals surface area contributed by atoms with Crippen LogP contribution in [-0.2, 0) is 28.6 Å². The van der Waals surface area contributed by atoms with Crippen molar-refractivity contribution in [1.82, 2.24) is 0 Å². The Balaban J connectivity index is 4.44. The highest BCUT2D eigenvalue weighted by atomic mass is 79.9. The van der Waals surface area contributed by atoms with Gasteiger partial charge in [0.1, 0.15) is 18.5 Å². The number of alkyl halides is 1. The average molecular weight is 349 g/mol. The van der Waals surface area contributed by atoms with Gasteiger partial charge in [-0.25, -0.2) is 9.59 Å². The van der Waals surface area contributed by atoms with E-state index in [4.69, 9.17) is 14.2 Å². The molecule has 0 aliphatic carbocycles. The molecule has 0 saturated carbocycles. The zero-order chi connectivity index (χ0) is 15.7. The van der Waals surface area contributed by atoms with Crippen LogP contribution in [0.1, 0.15) is 13.8 Å². The van der Waals surface area contributed by atoms with Gasteiger partial charge in [-0.1, -0.05) is 29.1 Å². The quantitative estimate of drug-likeness (QED) is 0.286. The van der Waals surface area contributed by atoms with E-state index in [1.54, 1.807) is 0 Å². The Morgan fingerprint density at radius 3 is 1.70 bits per heavy atom. The highest BCUT2D eigenvalue weighted by molar-refractivity contribution is 9.09. The third-order valence-corrected chi connectivity index (χ3v) is 2.36. The van der Waals surface area contributed by atoms with Crippen molar-refractivity contribution in [3.8, 4) is 0 Å².